The van der Waals surface area contributed by atoms with E-state index in [1.807, 2.05) is 0 Å². The van der Waals surface area contributed by atoms with Gasteiger partial charge in [0.1, 0.15) is 0 Å². The topological polar surface area (TPSA) is 66.9 Å². The molecule has 2 heterocycles. The first-order valence-electron chi connectivity index (χ1n) is 8.63. The number of methoxy groups -OCH3 is 1. The molecule has 1 saturated carbocycles. The maximum atomic E-state index is 14.3. The first-order chi connectivity index (χ1) is 11.2. The monoisotopic (exact) mass is 362 g/mol. The van der Waals surface area contributed by atoms with Crippen LogP contribution < -0.4 is 0 Å². The van der Waals surface area contributed by atoms with Crippen LogP contribution in [-0.4, -0.2) is 74.8 Å². The second-order valence-corrected chi connectivity index (χ2v) is 9.67. The van der Waals surface area contributed by atoms with Crippen LogP contribution in [0.5, 0.6) is 0 Å². The predicted octanol–water partition coefficient (Wildman–Crippen LogP) is 1.17. The summed E-state index contributed by atoms with van der Waals surface area (Å²) in [5.41, 5.74) is -1.76. The molecule has 1 spiro atoms. The molecule has 3 fully saturated rings. The zero-order valence-electron chi connectivity index (χ0n) is 14.5. The average molecular weight is 362 g/mol. The van der Waals surface area contributed by atoms with Crippen LogP contribution in [0, 0.1) is 5.41 Å². The summed E-state index contributed by atoms with van der Waals surface area (Å²) in [7, 11) is -1.71. The normalized spacial score (nSPS) is 29.6. The van der Waals surface area contributed by atoms with Crippen LogP contribution in [0.25, 0.3) is 0 Å². The van der Waals surface area contributed by atoms with E-state index in [0.29, 0.717) is 39.1 Å². The minimum Gasteiger partial charge on any atom is -0.383 e. The maximum Gasteiger partial charge on any atom is 0.260 e. The minimum atomic E-state index is -3.28. The van der Waals surface area contributed by atoms with Crippen LogP contribution in [0.3, 0.4) is 0 Å². The number of carbonyl (C=O) groups excluding carboxylic acids is 1. The fourth-order valence-corrected chi connectivity index (χ4v) is 5.56. The first-order valence-corrected chi connectivity index (χ1v) is 10.5. The fraction of sp³-hybridized carbons (Fsp3) is 0.938. The Labute approximate surface area is 143 Å². The van der Waals surface area contributed by atoms with Crippen molar-refractivity contribution in [1.29, 1.82) is 0 Å². The Hall–Kier alpha value is -0.730. The Morgan fingerprint density at radius 2 is 1.88 bits per heavy atom. The molecule has 2 saturated heterocycles. The SMILES string of the molecule is COC[C@@H]1CC2(CCN(C(=O)C3(F)CCC3)CC2)CN1S(C)(=O)=O. The summed E-state index contributed by atoms with van der Waals surface area (Å²) in [6, 6.07) is -0.147. The average Bonchev–Trinajstić information content (AvgIpc) is 2.84. The van der Waals surface area contributed by atoms with E-state index in [2.05, 4.69) is 0 Å². The molecule has 6 nitrogen and oxygen atoms in total. The van der Waals surface area contributed by atoms with Crippen molar-refractivity contribution < 1.29 is 22.3 Å². The van der Waals surface area contributed by atoms with Gasteiger partial charge in [-0.05, 0) is 43.9 Å². The van der Waals surface area contributed by atoms with Crippen LogP contribution in [0.15, 0.2) is 0 Å². The van der Waals surface area contributed by atoms with Crippen molar-refractivity contribution in [2.75, 3.05) is 39.6 Å². The number of sulfonamides is 1. The van der Waals surface area contributed by atoms with Crippen LogP contribution >= 0.6 is 0 Å². The molecule has 3 rings (SSSR count). The van der Waals surface area contributed by atoms with E-state index in [9.17, 15) is 17.6 Å². The quantitative estimate of drug-likeness (QED) is 0.753. The highest BCUT2D eigenvalue weighted by Gasteiger charge is 2.52. The van der Waals surface area contributed by atoms with E-state index in [1.54, 1.807) is 12.0 Å². The van der Waals surface area contributed by atoms with E-state index in [4.69, 9.17) is 4.74 Å². The molecule has 2 aliphatic heterocycles. The standard InChI is InChI=1S/C16H27FN2O4S/c1-23-11-13-10-15(12-19(13)24(2,21)22)6-8-18(9-7-15)14(20)16(17)4-3-5-16/h13H,3-12H2,1-2H3/t13-/m0/s1. The van der Waals surface area contributed by atoms with E-state index in [0.717, 1.165) is 25.7 Å². The zero-order valence-corrected chi connectivity index (χ0v) is 15.3. The zero-order chi connectivity index (χ0) is 17.6. The molecular weight excluding hydrogens is 335 g/mol. The molecule has 1 aliphatic carbocycles. The maximum absolute atomic E-state index is 14.3. The lowest BCUT2D eigenvalue weighted by atomic mass is 9.75. The molecule has 1 amide bonds. The highest BCUT2D eigenvalue weighted by Crippen LogP contribution is 2.45. The van der Waals surface area contributed by atoms with Gasteiger partial charge in [0.05, 0.1) is 12.9 Å². The van der Waals surface area contributed by atoms with Gasteiger partial charge in [-0.25, -0.2) is 12.8 Å². The molecule has 0 radical (unpaired) electrons. The Morgan fingerprint density at radius 1 is 1.25 bits per heavy atom. The second kappa shape index (κ2) is 6.21. The second-order valence-electron chi connectivity index (χ2n) is 7.73. The molecule has 8 heteroatoms. The van der Waals surface area contributed by atoms with Crippen molar-refractivity contribution in [1.82, 2.24) is 9.21 Å². The van der Waals surface area contributed by atoms with Crippen LogP contribution in [0.1, 0.15) is 38.5 Å². The highest BCUT2D eigenvalue weighted by molar-refractivity contribution is 7.88. The van der Waals surface area contributed by atoms with Gasteiger partial charge in [-0.1, -0.05) is 0 Å². The Morgan fingerprint density at radius 3 is 2.33 bits per heavy atom. The number of hydrogen-bond acceptors (Lipinski definition) is 4. The molecule has 1 atom stereocenters. The fourth-order valence-electron chi connectivity index (χ4n) is 4.38. The third-order valence-corrected chi connectivity index (χ3v) is 7.27. The first kappa shape index (κ1) is 18.1. The molecule has 138 valence electrons. The summed E-state index contributed by atoms with van der Waals surface area (Å²) in [4.78, 5) is 14.0. The highest BCUT2D eigenvalue weighted by atomic mass is 32.2. The number of nitrogens with zero attached hydrogens (tertiary/aromatic N) is 2. The lowest BCUT2D eigenvalue weighted by Gasteiger charge is -2.43. The molecule has 3 aliphatic rings. The predicted molar refractivity (Wildman–Crippen MR) is 87.8 cm³/mol. The van der Waals surface area contributed by atoms with Crippen molar-refractivity contribution in [2.24, 2.45) is 5.41 Å². The van der Waals surface area contributed by atoms with Gasteiger partial charge >= 0.3 is 0 Å². The number of rotatable bonds is 4. The van der Waals surface area contributed by atoms with E-state index in [1.165, 1.54) is 10.6 Å². The summed E-state index contributed by atoms with van der Waals surface area (Å²) in [5.74, 6) is -0.366. The number of alkyl halides is 1. The third kappa shape index (κ3) is 3.20. The van der Waals surface area contributed by atoms with Gasteiger partial charge in [-0.15, -0.1) is 0 Å². The van der Waals surface area contributed by atoms with E-state index < -0.39 is 15.7 Å². The number of ether oxygens (including phenoxy) is 1. The summed E-state index contributed by atoms with van der Waals surface area (Å²) in [6.45, 7) is 1.89. The van der Waals surface area contributed by atoms with Gasteiger partial charge in [-0.3, -0.25) is 4.79 Å². The Balaban J connectivity index is 1.66. The molecular formula is C16H27FN2O4S. The van der Waals surface area contributed by atoms with Gasteiger partial charge in [0.2, 0.25) is 10.0 Å². The van der Waals surface area contributed by atoms with Gasteiger partial charge in [0.15, 0.2) is 5.67 Å². The van der Waals surface area contributed by atoms with Crippen molar-refractivity contribution in [3.05, 3.63) is 0 Å². The van der Waals surface area contributed by atoms with Crippen molar-refractivity contribution in [3.63, 3.8) is 0 Å². The number of piperidine rings is 1. The third-order valence-electron chi connectivity index (χ3n) is 5.99. The molecule has 0 unspecified atom stereocenters. The van der Waals surface area contributed by atoms with Gasteiger partial charge in [0.25, 0.3) is 5.91 Å². The van der Waals surface area contributed by atoms with Gasteiger partial charge in [0, 0.05) is 32.8 Å². The number of halogens is 1. The Kier molecular flexibility index (Phi) is 4.68. The lowest BCUT2D eigenvalue weighted by molar-refractivity contribution is -0.152. The van der Waals surface area contributed by atoms with Crippen molar-refractivity contribution >= 4 is 15.9 Å². The molecule has 0 aromatic heterocycles. The molecule has 24 heavy (non-hydrogen) atoms. The number of likely N-dealkylation sites (tertiary alicyclic amines) is 1. The van der Waals surface area contributed by atoms with Crippen LogP contribution in [0.4, 0.5) is 4.39 Å². The lowest BCUT2D eigenvalue weighted by Crippen LogP contribution is -2.54. The van der Waals surface area contributed by atoms with E-state index in [-0.39, 0.29) is 17.4 Å². The summed E-state index contributed by atoms with van der Waals surface area (Å²) >= 11 is 0. The number of amides is 1. The van der Waals surface area contributed by atoms with Crippen LogP contribution in [-0.2, 0) is 19.6 Å². The molecule has 0 bridgehead atoms. The largest absolute Gasteiger partial charge is 0.383 e. The minimum absolute atomic E-state index is 0.119. The summed E-state index contributed by atoms with van der Waals surface area (Å²) < 4.78 is 45.2. The smallest absolute Gasteiger partial charge is 0.260 e. The van der Waals surface area contributed by atoms with Gasteiger partial charge in [-0.2, -0.15) is 4.31 Å². The van der Waals surface area contributed by atoms with E-state index >= 15 is 0 Å². The molecule has 0 aromatic rings. The van der Waals surface area contributed by atoms with Crippen molar-refractivity contribution in [2.45, 2.75) is 50.2 Å². The van der Waals surface area contributed by atoms with Gasteiger partial charge < -0.3 is 9.64 Å². The Bertz CT molecular complexity index is 597. The molecule has 0 aromatic carbocycles. The summed E-state index contributed by atoms with van der Waals surface area (Å²) in [6.07, 6.45) is 4.88. The number of carbonyl (C=O) groups is 1. The number of hydrogen-bond donors (Lipinski definition) is 0. The van der Waals surface area contributed by atoms with Crippen LogP contribution in [0.2, 0.25) is 0 Å². The van der Waals surface area contributed by atoms with Crippen molar-refractivity contribution in [3.8, 4) is 0 Å². The summed E-state index contributed by atoms with van der Waals surface area (Å²) in [5, 5.41) is 0. The molecule has 0 N–H and O–H groups in total.